The minimum absolute atomic E-state index is 0.0916. The first-order chi connectivity index (χ1) is 8.90. The fraction of sp³-hybridized carbons (Fsp3) is 0.385. The molecule has 0 saturated heterocycles. The van der Waals surface area contributed by atoms with Gasteiger partial charge in [0, 0.05) is 11.0 Å². The molecule has 0 atom stereocenters. The molecule has 2 N–H and O–H groups in total. The minimum Gasteiger partial charge on any atom is -0.354 e. The number of halogens is 2. The molecule has 0 fully saturated rings. The van der Waals surface area contributed by atoms with Gasteiger partial charge in [-0.3, -0.25) is 9.59 Å². The van der Waals surface area contributed by atoms with Gasteiger partial charge in [0.15, 0.2) is 0 Å². The molecule has 0 spiro atoms. The third-order valence-corrected chi connectivity index (χ3v) is 2.78. The molecule has 2 amide bonds. The van der Waals surface area contributed by atoms with Crippen LogP contribution in [0, 0.1) is 11.7 Å². The Kier molecular flexibility index (Phi) is 5.95. The molecule has 0 saturated carbocycles. The maximum Gasteiger partial charge on any atom is 0.254 e. The number of hydrogen-bond donors (Lipinski definition) is 2. The van der Waals surface area contributed by atoms with Crippen molar-refractivity contribution in [2.45, 2.75) is 13.8 Å². The van der Waals surface area contributed by atoms with Crippen LogP contribution in [0.1, 0.15) is 24.2 Å². The van der Waals surface area contributed by atoms with Crippen molar-refractivity contribution in [2.75, 3.05) is 13.1 Å². The van der Waals surface area contributed by atoms with Gasteiger partial charge in [-0.05, 0) is 24.1 Å². The number of carbonyl (C=O) groups excluding carboxylic acids is 2. The van der Waals surface area contributed by atoms with Crippen molar-refractivity contribution in [3.05, 3.63) is 34.1 Å². The number of carbonyl (C=O) groups is 2. The molecule has 0 aliphatic carbocycles. The zero-order valence-corrected chi connectivity index (χ0v) is 12.4. The Balaban J connectivity index is 2.51. The van der Waals surface area contributed by atoms with Crippen LogP contribution in [0.3, 0.4) is 0 Å². The molecule has 1 aromatic carbocycles. The molecule has 0 aromatic heterocycles. The Labute approximate surface area is 119 Å². The molecular weight excluding hydrogens is 315 g/mol. The zero-order valence-electron chi connectivity index (χ0n) is 10.8. The predicted molar refractivity (Wildman–Crippen MR) is 74.3 cm³/mol. The summed E-state index contributed by atoms with van der Waals surface area (Å²) in [7, 11) is 0. The summed E-state index contributed by atoms with van der Waals surface area (Å²) in [4.78, 5) is 23.1. The SMILES string of the molecule is CC(C)CNC(=O)CNC(=O)c1cc(Br)ccc1F. The smallest absolute Gasteiger partial charge is 0.254 e. The van der Waals surface area contributed by atoms with Crippen LogP contribution in [0.2, 0.25) is 0 Å². The molecule has 0 aliphatic heterocycles. The van der Waals surface area contributed by atoms with Crippen molar-refractivity contribution in [3.8, 4) is 0 Å². The molecule has 19 heavy (non-hydrogen) atoms. The van der Waals surface area contributed by atoms with Crippen LogP contribution in [0.5, 0.6) is 0 Å². The van der Waals surface area contributed by atoms with Crippen LogP contribution in [0.25, 0.3) is 0 Å². The Morgan fingerprint density at radius 2 is 2.00 bits per heavy atom. The van der Waals surface area contributed by atoms with Crippen molar-refractivity contribution in [1.29, 1.82) is 0 Å². The van der Waals surface area contributed by atoms with Gasteiger partial charge in [0.05, 0.1) is 12.1 Å². The third kappa shape index (κ3) is 5.38. The van der Waals surface area contributed by atoms with E-state index < -0.39 is 11.7 Å². The first kappa shape index (κ1) is 15.6. The van der Waals surface area contributed by atoms with E-state index in [1.165, 1.54) is 18.2 Å². The highest BCUT2D eigenvalue weighted by molar-refractivity contribution is 9.10. The van der Waals surface area contributed by atoms with Gasteiger partial charge in [0.2, 0.25) is 5.91 Å². The summed E-state index contributed by atoms with van der Waals surface area (Å²) < 4.78 is 14.0. The summed E-state index contributed by atoms with van der Waals surface area (Å²) in [5.74, 6) is -1.19. The molecule has 1 rings (SSSR count). The molecule has 0 aliphatic rings. The summed E-state index contributed by atoms with van der Waals surface area (Å²) in [6, 6.07) is 4.07. The molecule has 0 radical (unpaired) electrons. The van der Waals surface area contributed by atoms with E-state index >= 15 is 0 Å². The van der Waals surface area contributed by atoms with Crippen molar-refractivity contribution in [3.63, 3.8) is 0 Å². The van der Waals surface area contributed by atoms with E-state index in [9.17, 15) is 14.0 Å². The van der Waals surface area contributed by atoms with Crippen LogP contribution >= 0.6 is 15.9 Å². The van der Waals surface area contributed by atoms with Crippen LogP contribution in [0.4, 0.5) is 4.39 Å². The summed E-state index contributed by atoms with van der Waals surface area (Å²) in [5, 5.41) is 5.04. The monoisotopic (exact) mass is 330 g/mol. The van der Waals surface area contributed by atoms with E-state index in [1.807, 2.05) is 13.8 Å². The van der Waals surface area contributed by atoms with E-state index in [4.69, 9.17) is 0 Å². The largest absolute Gasteiger partial charge is 0.354 e. The average molecular weight is 331 g/mol. The van der Waals surface area contributed by atoms with E-state index in [-0.39, 0.29) is 18.0 Å². The van der Waals surface area contributed by atoms with E-state index in [0.717, 1.165) is 0 Å². The first-order valence-corrected chi connectivity index (χ1v) is 6.69. The maximum atomic E-state index is 13.4. The van der Waals surface area contributed by atoms with Crippen LogP contribution in [0.15, 0.2) is 22.7 Å². The van der Waals surface area contributed by atoms with E-state index in [0.29, 0.717) is 16.9 Å². The Hall–Kier alpha value is -1.43. The fourth-order valence-corrected chi connectivity index (χ4v) is 1.67. The quantitative estimate of drug-likeness (QED) is 0.868. The predicted octanol–water partition coefficient (Wildman–Crippen LogP) is 2.09. The molecule has 104 valence electrons. The number of amides is 2. The second-order valence-electron chi connectivity index (χ2n) is 4.50. The van der Waals surface area contributed by atoms with Crippen molar-refractivity contribution < 1.29 is 14.0 Å². The molecule has 6 heteroatoms. The Bertz CT molecular complexity index is 478. The summed E-state index contributed by atoms with van der Waals surface area (Å²) >= 11 is 3.16. The molecule has 1 aromatic rings. The van der Waals surface area contributed by atoms with Gasteiger partial charge in [-0.1, -0.05) is 29.8 Å². The minimum atomic E-state index is -0.622. The van der Waals surface area contributed by atoms with Crippen molar-refractivity contribution in [1.82, 2.24) is 10.6 Å². The number of benzene rings is 1. The number of nitrogens with one attached hydrogen (secondary N) is 2. The third-order valence-electron chi connectivity index (χ3n) is 2.29. The van der Waals surface area contributed by atoms with Crippen molar-refractivity contribution in [2.24, 2.45) is 5.92 Å². The normalized spacial score (nSPS) is 10.4. The van der Waals surface area contributed by atoms with Gasteiger partial charge in [0.1, 0.15) is 5.82 Å². The van der Waals surface area contributed by atoms with Gasteiger partial charge in [-0.15, -0.1) is 0 Å². The molecule has 0 heterocycles. The lowest BCUT2D eigenvalue weighted by Gasteiger charge is -2.09. The van der Waals surface area contributed by atoms with Gasteiger partial charge in [-0.2, -0.15) is 0 Å². The van der Waals surface area contributed by atoms with E-state index in [2.05, 4.69) is 26.6 Å². The second-order valence-corrected chi connectivity index (χ2v) is 5.42. The van der Waals surface area contributed by atoms with Crippen LogP contribution in [-0.2, 0) is 4.79 Å². The summed E-state index contributed by atoms with van der Waals surface area (Å²) in [6.07, 6.45) is 0. The van der Waals surface area contributed by atoms with Crippen LogP contribution < -0.4 is 10.6 Å². The van der Waals surface area contributed by atoms with Gasteiger partial charge in [-0.25, -0.2) is 4.39 Å². The lowest BCUT2D eigenvalue weighted by Crippen LogP contribution is -2.38. The molecule has 4 nitrogen and oxygen atoms in total. The van der Waals surface area contributed by atoms with Gasteiger partial charge < -0.3 is 10.6 Å². The van der Waals surface area contributed by atoms with Gasteiger partial charge >= 0.3 is 0 Å². The zero-order chi connectivity index (χ0) is 14.4. The first-order valence-electron chi connectivity index (χ1n) is 5.90. The highest BCUT2D eigenvalue weighted by Crippen LogP contribution is 2.15. The maximum absolute atomic E-state index is 13.4. The van der Waals surface area contributed by atoms with Crippen molar-refractivity contribution >= 4 is 27.7 Å². The molecule has 0 unspecified atom stereocenters. The molecular formula is C13H16BrFN2O2. The Morgan fingerprint density at radius 3 is 2.63 bits per heavy atom. The summed E-state index contributed by atoms with van der Waals surface area (Å²) in [6.45, 7) is 4.31. The highest BCUT2D eigenvalue weighted by Gasteiger charge is 2.13. The van der Waals surface area contributed by atoms with E-state index in [1.54, 1.807) is 0 Å². The Morgan fingerprint density at radius 1 is 1.32 bits per heavy atom. The number of rotatable bonds is 5. The summed E-state index contributed by atoms with van der Waals surface area (Å²) in [5.41, 5.74) is -0.0916. The van der Waals surface area contributed by atoms with Crippen LogP contribution in [-0.4, -0.2) is 24.9 Å². The topological polar surface area (TPSA) is 58.2 Å². The lowest BCUT2D eigenvalue weighted by molar-refractivity contribution is -0.120. The van der Waals surface area contributed by atoms with Gasteiger partial charge in [0.25, 0.3) is 5.91 Å². The average Bonchev–Trinajstić information content (AvgIpc) is 2.36. The standard InChI is InChI=1S/C13H16BrFN2O2/c1-8(2)6-16-12(18)7-17-13(19)10-5-9(14)3-4-11(10)15/h3-5,8H,6-7H2,1-2H3,(H,16,18)(H,17,19). The number of hydrogen-bond acceptors (Lipinski definition) is 2. The lowest BCUT2D eigenvalue weighted by atomic mass is 10.2. The molecule has 0 bridgehead atoms. The fourth-order valence-electron chi connectivity index (χ4n) is 1.31. The second kappa shape index (κ2) is 7.23. The highest BCUT2D eigenvalue weighted by atomic mass is 79.9.